The minimum atomic E-state index is -0.222. The molecule has 4 heteroatoms. The Morgan fingerprint density at radius 2 is 2.19 bits per heavy atom. The van der Waals surface area contributed by atoms with Gasteiger partial charge >= 0.3 is 0 Å². The lowest BCUT2D eigenvalue weighted by Gasteiger charge is -2.21. The SMILES string of the molecule is COC(C)(C)Cc1nc2c(Cl)cccc2[nH]1. The van der Waals surface area contributed by atoms with E-state index in [0.717, 1.165) is 23.3 Å². The van der Waals surface area contributed by atoms with Gasteiger partial charge in [-0.25, -0.2) is 4.98 Å². The second kappa shape index (κ2) is 4.07. The highest BCUT2D eigenvalue weighted by molar-refractivity contribution is 6.34. The largest absolute Gasteiger partial charge is 0.378 e. The smallest absolute Gasteiger partial charge is 0.110 e. The molecule has 0 fully saturated rings. The maximum absolute atomic E-state index is 6.06. The van der Waals surface area contributed by atoms with E-state index < -0.39 is 0 Å². The number of para-hydroxylation sites is 1. The lowest BCUT2D eigenvalue weighted by Crippen LogP contribution is -2.26. The minimum absolute atomic E-state index is 0.222. The second-order valence-electron chi connectivity index (χ2n) is 4.46. The summed E-state index contributed by atoms with van der Waals surface area (Å²) in [6, 6.07) is 5.72. The highest BCUT2D eigenvalue weighted by Gasteiger charge is 2.19. The van der Waals surface area contributed by atoms with Crippen molar-refractivity contribution in [3.05, 3.63) is 29.0 Å². The summed E-state index contributed by atoms with van der Waals surface area (Å²) in [5.41, 5.74) is 1.57. The van der Waals surface area contributed by atoms with Crippen molar-refractivity contribution in [1.29, 1.82) is 0 Å². The Kier molecular flexibility index (Phi) is 2.91. The van der Waals surface area contributed by atoms with Crippen molar-refractivity contribution in [2.45, 2.75) is 25.9 Å². The van der Waals surface area contributed by atoms with Crippen LogP contribution in [0.25, 0.3) is 11.0 Å². The average molecular weight is 239 g/mol. The Hall–Kier alpha value is -1.06. The molecule has 1 heterocycles. The van der Waals surface area contributed by atoms with Crippen LogP contribution < -0.4 is 0 Å². The molecule has 2 aromatic rings. The molecule has 0 aliphatic heterocycles. The summed E-state index contributed by atoms with van der Waals surface area (Å²) in [5, 5.41) is 0.676. The van der Waals surface area contributed by atoms with Crippen molar-refractivity contribution in [1.82, 2.24) is 9.97 Å². The highest BCUT2D eigenvalue weighted by Crippen LogP contribution is 2.23. The van der Waals surface area contributed by atoms with Crippen molar-refractivity contribution >= 4 is 22.6 Å². The molecule has 0 bridgehead atoms. The second-order valence-corrected chi connectivity index (χ2v) is 4.87. The Labute approximate surface area is 99.8 Å². The number of hydrogen-bond donors (Lipinski definition) is 1. The normalized spacial score (nSPS) is 12.2. The first-order chi connectivity index (χ1) is 7.52. The van der Waals surface area contributed by atoms with Crippen LogP contribution >= 0.6 is 11.6 Å². The van der Waals surface area contributed by atoms with Gasteiger partial charge in [-0.15, -0.1) is 0 Å². The van der Waals surface area contributed by atoms with Gasteiger partial charge in [-0.05, 0) is 26.0 Å². The molecule has 1 N–H and O–H groups in total. The average Bonchev–Trinajstić information content (AvgIpc) is 2.61. The number of H-pyrrole nitrogens is 1. The fraction of sp³-hybridized carbons (Fsp3) is 0.417. The number of aromatic amines is 1. The molecule has 0 saturated carbocycles. The lowest BCUT2D eigenvalue weighted by atomic mass is 10.1. The van der Waals surface area contributed by atoms with Crippen LogP contribution in [0.15, 0.2) is 18.2 Å². The van der Waals surface area contributed by atoms with Gasteiger partial charge in [0, 0.05) is 13.5 Å². The molecule has 0 unspecified atom stereocenters. The summed E-state index contributed by atoms with van der Waals surface area (Å²) < 4.78 is 5.37. The Bertz CT molecular complexity index is 505. The van der Waals surface area contributed by atoms with Gasteiger partial charge in [0.2, 0.25) is 0 Å². The fourth-order valence-electron chi connectivity index (χ4n) is 1.61. The number of hydrogen-bond acceptors (Lipinski definition) is 2. The van der Waals surface area contributed by atoms with Gasteiger partial charge in [-0.3, -0.25) is 0 Å². The van der Waals surface area contributed by atoms with Crippen LogP contribution in [0.5, 0.6) is 0 Å². The van der Waals surface area contributed by atoms with Crippen LogP contribution in [0.4, 0.5) is 0 Å². The van der Waals surface area contributed by atoms with E-state index in [4.69, 9.17) is 16.3 Å². The summed E-state index contributed by atoms with van der Waals surface area (Å²) in [6.07, 6.45) is 0.731. The van der Waals surface area contributed by atoms with Crippen LogP contribution in [0.2, 0.25) is 5.02 Å². The molecule has 16 heavy (non-hydrogen) atoms. The van der Waals surface area contributed by atoms with E-state index >= 15 is 0 Å². The molecule has 2 rings (SSSR count). The Morgan fingerprint density at radius 3 is 2.81 bits per heavy atom. The predicted octanol–water partition coefficient (Wildman–Crippen LogP) is 3.18. The van der Waals surface area contributed by atoms with Crippen molar-refractivity contribution in [2.24, 2.45) is 0 Å². The van der Waals surface area contributed by atoms with Crippen LogP contribution in [-0.4, -0.2) is 22.7 Å². The Morgan fingerprint density at radius 1 is 1.44 bits per heavy atom. The topological polar surface area (TPSA) is 37.9 Å². The number of halogens is 1. The third-order valence-corrected chi connectivity index (χ3v) is 2.96. The highest BCUT2D eigenvalue weighted by atomic mass is 35.5. The van der Waals surface area contributed by atoms with Crippen molar-refractivity contribution in [3.63, 3.8) is 0 Å². The van der Waals surface area contributed by atoms with E-state index in [1.165, 1.54) is 0 Å². The van der Waals surface area contributed by atoms with Gasteiger partial charge in [-0.1, -0.05) is 17.7 Å². The molecule has 0 atom stereocenters. The molecule has 86 valence electrons. The third-order valence-electron chi connectivity index (χ3n) is 2.66. The molecule has 0 spiro atoms. The number of fused-ring (bicyclic) bond motifs is 1. The van der Waals surface area contributed by atoms with Crippen molar-refractivity contribution in [3.8, 4) is 0 Å². The van der Waals surface area contributed by atoms with E-state index in [1.807, 2.05) is 32.0 Å². The molecular weight excluding hydrogens is 224 g/mol. The fourth-order valence-corrected chi connectivity index (χ4v) is 1.82. The first-order valence-corrected chi connectivity index (χ1v) is 5.58. The molecular formula is C12H15ClN2O. The molecule has 0 aliphatic carbocycles. The standard InChI is InChI=1S/C12H15ClN2O/c1-12(2,16-3)7-10-14-9-6-4-5-8(13)11(9)15-10/h4-6H,7H2,1-3H3,(H,14,15). The van der Waals surface area contributed by atoms with Crippen LogP contribution in [0.1, 0.15) is 19.7 Å². The van der Waals surface area contributed by atoms with Gasteiger partial charge in [0.15, 0.2) is 0 Å². The predicted molar refractivity (Wildman–Crippen MR) is 65.9 cm³/mol. The lowest BCUT2D eigenvalue weighted by molar-refractivity contribution is 0.0218. The van der Waals surface area contributed by atoms with E-state index in [-0.39, 0.29) is 5.60 Å². The number of ether oxygens (including phenoxy) is 1. The molecule has 1 aromatic carbocycles. The van der Waals surface area contributed by atoms with E-state index in [1.54, 1.807) is 7.11 Å². The van der Waals surface area contributed by atoms with Crippen LogP contribution in [-0.2, 0) is 11.2 Å². The molecule has 3 nitrogen and oxygen atoms in total. The zero-order valence-electron chi connectivity index (χ0n) is 9.67. The first-order valence-electron chi connectivity index (χ1n) is 5.20. The molecule has 0 saturated heterocycles. The number of benzene rings is 1. The summed E-state index contributed by atoms with van der Waals surface area (Å²) >= 11 is 6.06. The van der Waals surface area contributed by atoms with E-state index in [2.05, 4.69) is 9.97 Å². The zero-order valence-corrected chi connectivity index (χ0v) is 10.4. The number of rotatable bonds is 3. The van der Waals surface area contributed by atoms with E-state index in [0.29, 0.717) is 5.02 Å². The van der Waals surface area contributed by atoms with Gasteiger partial charge in [0.25, 0.3) is 0 Å². The maximum Gasteiger partial charge on any atom is 0.110 e. The summed E-state index contributed by atoms with van der Waals surface area (Å²) in [4.78, 5) is 7.73. The summed E-state index contributed by atoms with van der Waals surface area (Å²) in [7, 11) is 1.70. The number of imidazole rings is 1. The maximum atomic E-state index is 6.06. The zero-order chi connectivity index (χ0) is 11.8. The summed E-state index contributed by atoms with van der Waals surface area (Å²) in [6.45, 7) is 4.06. The third kappa shape index (κ3) is 2.20. The molecule has 0 radical (unpaired) electrons. The van der Waals surface area contributed by atoms with E-state index in [9.17, 15) is 0 Å². The Balaban J connectivity index is 2.37. The molecule has 0 amide bonds. The number of methoxy groups -OCH3 is 1. The van der Waals surface area contributed by atoms with Gasteiger partial charge in [0.05, 0.1) is 16.1 Å². The number of nitrogens with zero attached hydrogens (tertiary/aromatic N) is 1. The number of aromatic nitrogens is 2. The van der Waals surface area contributed by atoms with Crippen molar-refractivity contribution in [2.75, 3.05) is 7.11 Å². The summed E-state index contributed by atoms with van der Waals surface area (Å²) in [5.74, 6) is 0.898. The van der Waals surface area contributed by atoms with Crippen LogP contribution in [0.3, 0.4) is 0 Å². The molecule has 1 aromatic heterocycles. The molecule has 0 aliphatic rings. The van der Waals surface area contributed by atoms with Crippen molar-refractivity contribution < 1.29 is 4.74 Å². The van der Waals surface area contributed by atoms with Gasteiger partial charge in [-0.2, -0.15) is 0 Å². The van der Waals surface area contributed by atoms with Crippen LogP contribution in [0, 0.1) is 0 Å². The minimum Gasteiger partial charge on any atom is -0.378 e. The quantitative estimate of drug-likeness (QED) is 0.892. The number of nitrogens with one attached hydrogen (secondary N) is 1. The van der Waals surface area contributed by atoms with Gasteiger partial charge in [0.1, 0.15) is 11.3 Å². The monoisotopic (exact) mass is 238 g/mol. The first kappa shape index (κ1) is 11.4. The van der Waals surface area contributed by atoms with Gasteiger partial charge < -0.3 is 9.72 Å².